The van der Waals surface area contributed by atoms with Crippen LogP contribution in [0.4, 0.5) is 8.78 Å². The van der Waals surface area contributed by atoms with E-state index in [-0.39, 0.29) is 18.4 Å². The van der Waals surface area contributed by atoms with Crippen LogP contribution >= 0.6 is 11.6 Å². The summed E-state index contributed by atoms with van der Waals surface area (Å²) in [5.41, 5.74) is -7.54. The molecule has 0 spiro atoms. The number of hydrogen-bond acceptors (Lipinski definition) is 6. The molecule has 4 rings (SSSR count). The summed E-state index contributed by atoms with van der Waals surface area (Å²) in [6.45, 7) is 5.14. The molecule has 0 aromatic heterocycles. The molecule has 6 nitrogen and oxygen atoms in total. The van der Waals surface area contributed by atoms with E-state index in [1.165, 1.54) is 19.1 Å². The first-order chi connectivity index (χ1) is 15.2. The van der Waals surface area contributed by atoms with Gasteiger partial charge in [0.25, 0.3) is 0 Å². The molecule has 0 aliphatic heterocycles. The molecule has 10 atom stereocenters. The zero-order valence-corrected chi connectivity index (χ0v) is 19.7. The van der Waals surface area contributed by atoms with Gasteiger partial charge in [-0.05, 0) is 49.3 Å². The molecule has 0 aromatic rings. The SMILES string of the molecule is CC(=O)OCC(=O)[C@@]1(O)[C@@H](C)C[C@H]2[C@@H]3[C@H](Cl)[C@@H](F)C4=CC(=O)C=C[C@]4(C)[C@@]3(F)[C@@H](O)C[C@@]21C. The highest BCUT2D eigenvalue weighted by Crippen LogP contribution is 2.71. The van der Waals surface area contributed by atoms with Gasteiger partial charge in [-0.15, -0.1) is 11.6 Å². The first-order valence-electron chi connectivity index (χ1n) is 11.2. The number of Topliss-reactive ketones (excluding diaryl/α,β-unsaturated/α-hetero) is 1. The van der Waals surface area contributed by atoms with Gasteiger partial charge >= 0.3 is 5.97 Å². The Hall–Kier alpha value is -1.64. The van der Waals surface area contributed by atoms with E-state index in [9.17, 15) is 24.6 Å². The van der Waals surface area contributed by atoms with Gasteiger partial charge in [0.1, 0.15) is 11.8 Å². The Balaban J connectivity index is 1.84. The monoisotopic (exact) mass is 486 g/mol. The molecule has 0 radical (unpaired) electrons. The number of carbonyl (C=O) groups is 3. The average molecular weight is 487 g/mol. The maximum absolute atomic E-state index is 17.2. The van der Waals surface area contributed by atoms with Crippen molar-refractivity contribution in [1.29, 1.82) is 0 Å². The van der Waals surface area contributed by atoms with E-state index >= 15 is 8.78 Å². The Morgan fingerprint density at radius 3 is 2.58 bits per heavy atom. The molecule has 0 aromatic carbocycles. The van der Waals surface area contributed by atoms with Crippen LogP contribution in [0, 0.1) is 28.6 Å². The number of aliphatic hydroxyl groups excluding tert-OH is 1. The third-order valence-electron chi connectivity index (χ3n) is 9.06. The van der Waals surface area contributed by atoms with Crippen molar-refractivity contribution in [2.75, 3.05) is 6.61 Å². The highest BCUT2D eigenvalue weighted by atomic mass is 35.5. The predicted octanol–water partition coefficient (Wildman–Crippen LogP) is 2.63. The predicted molar refractivity (Wildman–Crippen MR) is 115 cm³/mol. The molecule has 0 amide bonds. The van der Waals surface area contributed by atoms with Crippen LogP contribution in [-0.2, 0) is 19.1 Å². The third-order valence-corrected chi connectivity index (χ3v) is 9.55. The van der Waals surface area contributed by atoms with Crippen LogP contribution in [0.1, 0.15) is 40.5 Å². The van der Waals surface area contributed by atoms with Gasteiger partial charge in [-0.25, -0.2) is 8.78 Å². The molecule has 0 unspecified atom stereocenters. The summed E-state index contributed by atoms with van der Waals surface area (Å²) in [7, 11) is 0. The summed E-state index contributed by atoms with van der Waals surface area (Å²) in [4.78, 5) is 36.3. The fourth-order valence-electron chi connectivity index (χ4n) is 7.35. The van der Waals surface area contributed by atoms with E-state index in [1.807, 2.05) is 0 Å². The van der Waals surface area contributed by atoms with E-state index in [0.717, 1.165) is 13.0 Å². The van der Waals surface area contributed by atoms with E-state index in [2.05, 4.69) is 0 Å². The van der Waals surface area contributed by atoms with Crippen LogP contribution < -0.4 is 0 Å². The van der Waals surface area contributed by atoms with Gasteiger partial charge in [0.2, 0.25) is 5.78 Å². The number of aliphatic hydroxyl groups is 2. The van der Waals surface area contributed by atoms with Gasteiger partial charge in [-0.2, -0.15) is 0 Å². The number of fused-ring (bicyclic) bond motifs is 5. The topological polar surface area (TPSA) is 101 Å². The minimum atomic E-state index is -2.43. The van der Waals surface area contributed by atoms with Crippen molar-refractivity contribution in [3.63, 3.8) is 0 Å². The lowest BCUT2D eigenvalue weighted by Crippen LogP contribution is -2.73. The molecule has 4 aliphatic rings. The lowest BCUT2D eigenvalue weighted by atomic mass is 9.44. The van der Waals surface area contributed by atoms with Gasteiger partial charge in [0.05, 0.1) is 11.5 Å². The number of allylic oxidation sites excluding steroid dienone is 4. The van der Waals surface area contributed by atoms with Crippen molar-refractivity contribution in [3.8, 4) is 0 Å². The summed E-state index contributed by atoms with van der Waals surface area (Å²) >= 11 is 6.54. The van der Waals surface area contributed by atoms with E-state index in [1.54, 1.807) is 13.8 Å². The number of rotatable bonds is 3. The third kappa shape index (κ3) is 2.86. The fraction of sp³-hybridized carbons (Fsp3) is 0.708. The normalized spacial score (nSPS) is 50.7. The van der Waals surface area contributed by atoms with E-state index in [4.69, 9.17) is 16.3 Å². The molecule has 0 heterocycles. The smallest absolute Gasteiger partial charge is 0.303 e. The zero-order chi connectivity index (χ0) is 24.7. The van der Waals surface area contributed by atoms with Crippen LogP contribution in [0.5, 0.6) is 0 Å². The van der Waals surface area contributed by atoms with Crippen molar-refractivity contribution in [2.24, 2.45) is 28.6 Å². The van der Waals surface area contributed by atoms with Crippen molar-refractivity contribution in [1.82, 2.24) is 0 Å². The van der Waals surface area contributed by atoms with Gasteiger partial charge in [0.15, 0.2) is 18.1 Å². The number of alkyl halides is 3. The zero-order valence-electron chi connectivity index (χ0n) is 19.0. The van der Waals surface area contributed by atoms with Crippen LogP contribution in [0.3, 0.4) is 0 Å². The molecule has 182 valence electrons. The average Bonchev–Trinajstić information content (AvgIpc) is 2.93. The van der Waals surface area contributed by atoms with E-state index < -0.39 is 81.6 Å². The summed E-state index contributed by atoms with van der Waals surface area (Å²) < 4.78 is 37.6. The highest BCUT2D eigenvalue weighted by Gasteiger charge is 2.78. The summed E-state index contributed by atoms with van der Waals surface area (Å²) in [5.74, 6) is -4.60. The second-order valence-corrected chi connectivity index (χ2v) is 11.0. The Bertz CT molecular complexity index is 982. The standard InChI is InChI=1S/C24H29ClF2O6/c1-11-7-14-18-19(25)20(26)15-8-13(29)5-6-21(15,3)23(18,27)16(30)9-22(14,4)24(11,32)17(31)10-33-12(2)28/h5-6,8,11,14,16,18-20,30,32H,7,9-10H2,1-4H3/t11-,14-,16-,18+,19-,20-,21-,22-,23+,24-/m0/s1. The quantitative estimate of drug-likeness (QED) is 0.470. The molecule has 2 N–H and O–H groups in total. The van der Waals surface area contributed by atoms with Crippen molar-refractivity contribution in [3.05, 3.63) is 23.8 Å². The summed E-state index contributed by atoms with van der Waals surface area (Å²) in [5, 5.41) is 21.5. The van der Waals surface area contributed by atoms with Crippen molar-refractivity contribution in [2.45, 2.75) is 69.5 Å². The number of ketones is 2. The van der Waals surface area contributed by atoms with Crippen LogP contribution in [0.2, 0.25) is 0 Å². The largest absolute Gasteiger partial charge is 0.458 e. The molecular weight excluding hydrogens is 458 g/mol. The Morgan fingerprint density at radius 2 is 1.97 bits per heavy atom. The van der Waals surface area contributed by atoms with Gasteiger partial charge in [-0.3, -0.25) is 14.4 Å². The maximum Gasteiger partial charge on any atom is 0.303 e. The van der Waals surface area contributed by atoms with Gasteiger partial charge in [-0.1, -0.05) is 19.9 Å². The molecule has 3 fully saturated rings. The molecule has 4 aliphatic carbocycles. The van der Waals surface area contributed by atoms with Crippen LogP contribution in [0.25, 0.3) is 0 Å². The molecule has 9 heteroatoms. The number of ether oxygens (including phenoxy) is 1. The molecule has 33 heavy (non-hydrogen) atoms. The minimum absolute atomic E-state index is 0.108. The molecule has 0 bridgehead atoms. The molecular formula is C24H29ClF2O6. The number of hydrogen-bond donors (Lipinski definition) is 2. The number of carbonyl (C=O) groups excluding carboxylic acids is 3. The summed E-state index contributed by atoms with van der Waals surface area (Å²) in [6, 6.07) is 0. The first kappa shape index (κ1) is 24.5. The lowest BCUT2D eigenvalue weighted by molar-refractivity contribution is -0.223. The molecule has 0 saturated heterocycles. The Kier molecular flexibility index (Phi) is 5.51. The van der Waals surface area contributed by atoms with Gasteiger partial charge < -0.3 is 14.9 Å². The highest BCUT2D eigenvalue weighted by molar-refractivity contribution is 6.22. The second-order valence-electron chi connectivity index (χ2n) is 10.5. The maximum atomic E-state index is 17.2. The minimum Gasteiger partial charge on any atom is -0.458 e. The van der Waals surface area contributed by atoms with Crippen LogP contribution in [-0.4, -0.2) is 63.3 Å². The van der Waals surface area contributed by atoms with Gasteiger partial charge in [0, 0.05) is 23.7 Å². The Labute approximate surface area is 196 Å². The second kappa shape index (κ2) is 7.43. The van der Waals surface area contributed by atoms with Crippen molar-refractivity contribution < 1.29 is 38.1 Å². The Morgan fingerprint density at radius 1 is 1.33 bits per heavy atom. The number of esters is 1. The van der Waals surface area contributed by atoms with Crippen LogP contribution in [0.15, 0.2) is 23.8 Å². The lowest BCUT2D eigenvalue weighted by Gasteiger charge is -2.64. The van der Waals surface area contributed by atoms with Crippen molar-refractivity contribution >= 4 is 29.1 Å². The fourth-order valence-corrected chi connectivity index (χ4v) is 7.85. The van der Waals surface area contributed by atoms with E-state index in [0.29, 0.717) is 0 Å². The summed E-state index contributed by atoms with van der Waals surface area (Å²) in [6.07, 6.45) is -0.168. The number of halogens is 3. The first-order valence-corrected chi connectivity index (χ1v) is 11.6. The molecule has 3 saturated carbocycles.